The molecule has 19 heavy (non-hydrogen) atoms. The number of hydrogen-bond donors (Lipinski definition) is 1. The number of alkyl halides is 3. The first-order valence-electron chi connectivity index (χ1n) is 6.85. The van der Waals surface area contributed by atoms with Crippen LogP contribution in [0.4, 0.5) is 13.2 Å². The van der Waals surface area contributed by atoms with Crippen molar-refractivity contribution in [3.63, 3.8) is 0 Å². The number of halogens is 3. The van der Waals surface area contributed by atoms with Crippen molar-refractivity contribution in [2.24, 2.45) is 0 Å². The third kappa shape index (κ3) is 7.88. The number of rotatable bonds is 8. The van der Waals surface area contributed by atoms with Gasteiger partial charge in [-0.2, -0.15) is 13.2 Å². The predicted octanol–water partition coefficient (Wildman–Crippen LogP) is 4.33. The Labute approximate surface area is 113 Å². The summed E-state index contributed by atoms with van der Waals surface area (Å²) < 4.78 is 36.6. The summed E-state index contributed by atoms with van der Waals surface area (Å²) in [6, 6.07) is 10.0. The highest BCUT2D eigenvalue weighted by Gasteiger charge is 2.27. The summed E-state index contributed by atoms with van der Waals surface area (Å²) in [4.78, 5) is 0. The Morgan fingerprint density at radius 3 is 2.37 bits per heavy atom. The van der Waals surface area contributed by atoms with Crippen LogP contribution in [0.1, 0.15) is 38.2 Å². The van der Waals surface area contributed by atoms with E-state index < -0.39 is 12.6 Å². The van der Waals surface area contributed by atoms with Crippen molar-refractivity contribution in [2.75, 3.05) is 6.54 Å². The van der Waals surface area contributed by atoms with E-state index in [1.54, 1.807) is 0 Å². The van der Waals surface area contributed by atoms with Crippen LogP contribution in [0.15, 0.2) is 30.3 Å². The molecule has 1 aromatic carbocycles. The molecular weight excluding hydrogens is 251 g/mol. The van der Waals surface area contributed by atoms with E-state index in [0.717, 1.165) is 19.3 Å². The van der Waals surface area contributed by atoms with Crippen LogP contribution in [0.3, 0.4) is 0 Å². The fraction of sp³-hybridized carbons (Fsp3) is 0.600. The quantitative estimate of drug-likeness (QED) is 0.743. The van der Waals surface area contributed by atoms with E-state index >= 15 is 0 Å². The summed E-state index contributed by atoms with van der Waals surface area (Å²) in [6.07, 6.45) is -1.94. The molecule has 1 unspecified atom stereocenters. The lowest BCUT2D eigenvalue weighted by Gasteiger charge is -2.18. The second-order valence-electron chi connectivity index (χ2n) is 4.79. The van der Waals surface area contributed by atoms with Crippen molar-refractivity contribution in [2.45, 2.75) is 51.2 Å². The molecule has 0 aromatic heterocycles. The van der Waals surface area contributed by atoms with Crippen molar-refractivity contribution in [1.82, 2.24) is 5.32 Å². The molecule has 0 heterocycles. The van der Waals surface area contributed by atoms with Gasteiger partial charge in [0.25, 0.3) is 0 Å². The van der Waals surface area contributed by atoms with Crippen molar-refractivity contribution in [3.8, 4) is 0 Å². The minimum atomic E-state index is -4.05. The molecule has 1 aromatic rings. The van der Waals surface area contributed by atoms with Crippen molar-refractivity contribution in [3.05, 3.63) is 35.9 Å². The summed E-state index contributed by atoms with van der Waals surface area (Å²) >= 11 is 0. The number of hydrogen-bond acceptors (Lipinski definition) is 1. The normalized spacial score (nSPS) is 13.5. The van der Waals surface area contributed by atoms with Gasteiger partial charge >= 0.3 is 6.18 Å². The Balaban J connectivity index is 2.29. The smallest absolute Gasteiger partial charge is 0.314 e. The summed E-state index contributed by atoms with van der Waals surface area (Å²) in [5.74, 6) is 0. The van der Waals surface area contributed by atoms with Crippen molar-refractivity contribution < 1.29 is 13.2 Å². The highest BCUT2D eigenvalue weighted by atomic mass is 19.4. The molecule has 0 aliphatic heterocycles. The first-order valence-corrected chi connectivity index (χ1v) is 6.85. The Hall–Kier alpha value is -1.03. The second-order valence-corrected chi connectivity index (χ2v) is 4.79. The standard InChI is InChI=1S/C15H22F3N/c1-2-19-14(11-12-15(16,17)18)10-6-9-13-7-4-3-5-8-13/h3-5,7-8,14,19H,2,6,9-12H2,1H3. The van der Waals surface area contributed by atoms with Crippen LogP contribution in [-0.4, -0.2) is 18.8 Å². The Kier molecular flexibility index (Phi) is 6.92. The first-order chi connectivity index (χ1) is 9.01. The van der Waals surface area contributed by atoms with Crippen LogP contribution < -0.4 is 5.32 Å². The summed E-state index contributed by atoms with van der Waals surface area (Å²) in [7, 11) is 0. The molecular formula is C15H22F3N. The molecule has 0 amide bonds. The molecule has 108 valence electrons. The molecule has 0 saturated carbocycles. The molecule has 1 atom stereocenters. The fourth-order valence-corrected chi connectivity index (χ4v) is 2.17. The topological polar surface area (TPSA) is 12.0 Å². The van der Waals surface area contributed by atoms with Gasteiger partial charge in [0.05, 0.1) is 0 Å². The van der Waals surface area contributed by atoms with Crippen molar-refractivity contribution >= 4 is 0 Å². The number of aryl methyl sites for hydroxylation is 1. The van der Waals surface area contributed by atoms with Gasteiger partial charge in [0, 0.05) is 12.5 Å². The molecule has 0 spiro atoms. The van der Waals surface area contributed by atoms with Crippen LogP contribution in [0.2, 0.25) is 0 Å². The minimum absolute atomic E-state index is 0.0321. The Morgan fingerprint density at radius 1 is 1.11 bits per heavy atom. The van der Waals surface area contributed by atoms with Crippen LogP contribution in [-0.2, 0) is 6.42 Å². The maximum absolute atomic E-state index is 12.2. The third-order valence-corrected chi connectivity index (χ3v) is 3.13. The third-order valence-electron chi connectivity index (χ3n) is 3.13. The van der Waals surface area contributed by atoms with Gasteiger partial charge in [0.1, 0.15) is 0 Å². The monoisotopic (exact) mass is 273 g/mol. The zero-order chi connectivity index (χ0) is 14.1. The summed E-state index contributed by atoms with van der Waals surface area (Å²) in [5, 5.41) is 3.14. The van der Waals surface area contributed by atoms with Gasteiger partial charge < -0.3 is 5.32 Å². The zero-order valence-electron chi connectivity index (χ0n) is 11.3. The van der Waals surface area contributed by atoms with Crippen molar-refractivity contribution in [1.29, 1.82) is 0 Å². The van der Waals surface area contributed by atoms with E-state index in [-0.39, 0.29) is 12.5 Å². The van der Waals surface area contributed by atoms with E-state index in [1.807, 2.05) is 25.1 Å². The highest BCUT2D eigenvalue weighted by Crippen LogP contribution is 2.23. The largest absolute Gasteiger partial charge is 0.389 e. The molecule has 0 aliphatic rings. The summed E-state index contributed by atoms with van der Waals surface area (Å²) in [5.41, 5.74) is 1.24. The van der Waals surface area contributed by atoms with Gasteiger partial charge in [-0.05, 0) is 37.8 Å². The molecule has 0 aliphatic carbocycles. The Morgan fingerprint density at radius 2 is 1.79 bits per heavy atom. The van der Waals surface area contributed by atoms with Crippen LogP contribution in [0.5, 0.6) is 0 Å². The molecule has 0 saturated heterocycles. The lowest BCUT2D eigenvalue weighted by molar-refractivity contribution is -0.136. The lowest BCUT2D eigenvalue weighted by atomic mass is 10.0. The van der Waals surface area contributed by atoms with Gasteiger partial charge in [-0.15, -0.1) is 0 Å². The first kappa shape index (κ1) is 16.0. The average molecular weight is 273 g/mol. The van der Waals surface area contributed by atoms with Gasteiger partial charge in [0.2, 0.25) is 0 Å². The van der Waals surface area contributed by atoms with E-state index in [9.17, 15) is 13.2 Å². The number of benzene rings is 1. The van der Waals surface area contributed by atoms with E-state index in [2.05, 4.69) is 17.4 Å². The van der Waals surface area contributed by atoms with Gasteiger partial charge in [-0.1, -0.05) is 37.3 Å². The fourth-order valence-electron chi connectivity index (χ4n) is 2.17. The lowest BCUT2D eigenvalue weighted by Crippen LogP contribution is -2.30. The second kappa shape index (κ2) is 8.20. The zero-order valence-corrected chi connectivity index (χ0v) is 11.3. The summed E-state index contributed by atoms with van der Waals surface area (Å²) in [6.45, 7) is 2.64. The van der Waals surface area contributed by atoms with E-state index in [0.29, 0.717) is 6.54 Å². The van der Waals surface area contributed by atoms with Crippen LogP contribution >= 0.6 is 0 Å². The van der Waals surface area contributed by atoms with Crippen LogP contribution in [0.25, 0.3) is 0 Å². The van der Waals surface area contributed by atoms with Crippen LogP contribution in [0, 0.1) is 0 Å². The van der Waals surface area contributed by atoms with Gasteiger partial charge in [-0.25, -0.2) is 0 Å². The van der Waals surface area contributed by atoms with Gasteiger partial charge in [-0.3, -0.25) is 0 Å². The maximum Gasteiger partial charge on any atom is 0.389 e. The molecule has 0 radical (unpaired) electrons. The molecule has 1 N–H and O–H groups in total. The van der Waals surface area contributed by atoms with E-state index in [4.69, 9.17) is 0 Å². The number of nitrogens with one attached hydrogen (secondary N) is 1. The molecule has 4 heteroatoms. The predicted molar refractivity (Wildman–Crippen MR) is 72.1 cm³/mol. The molecule has 0 bridgehead atoms. The minimum Gasteiger partial charge on any atom is -0.314 e. The van der Waals surface area contributed by atoms with E-state index in [1.165, 1.54) is 5.56 Å². The Bertz CT molecular complexity index is 335. The highest BCUT2D eigenvalue weighted by molar-refractivity contribution is 5.14. The molecule has 1 nitrogen and oxygen atoms in total. The van der Waals surface area contributed by atoms with Gasteiger partial charge in [0.15, 0.2) is 0 Å². The average Bonchev–Trinajstić information content (AvgIpc) is 2.36. The molecule has 1 rings (SSSR count). The maximum atomic E-state index is 12.2. The molecule has 0 fully saturated rings. The SMILES string of the molecule is CCNC(CCCc1ccccc1)CCC(F)(F)F.